The standard InChI is InChI=1S/C25H44N2O6/c1-6-15(2)22-24(31)27-13-9-12-19(27)25(32)33-21(14-20(29)18(5)23(30)26-22)16(3)10-7-8-11-17(4)28/h15-22,28-29H,6-14H2,1-5H3,(H,26,30)/t15-,16-,17+,18-,19+,20-,21+,22-/m1/s1. The first-order chi connectivity index (χ1) is 15.6. The minimum atomic E-state index is -0.991. The van der Waals surface area contributed by atoms with Crippen LogP contribution in [-0.4, -0.2) is 69.8 Å². The van der Waals surface area contributed by atoms with E-state index in [4.69, 9.17) is 4.74 Å². The number of cyclic esters (lactones) is 1. The van der Waals surface area contributed by atoms with E-state index in [9.17, 15) is 24.6 Å². The van der Waals surface area contributed by atoms with Crippen LogP contribution in [0.3, 0.4) is 0 Å². The molecule has 8 nitrogen and oxygen atoms in total. The molecule has 0 spiro atoms. The Hall–Kier alpha value is -1.67. The maximum Gasteiger partial charge on any atom is 0.329 e. The Kier molecular flexibility index (Phi) is 10.6. The van der Waals surface area contributed by atoms with E-state index in [2.05, 4.69) is 5.32 Å². The topological polar surface area (TPSA) is 116 Å². The van der Waals surface area contributed by atoms with Crippen molar-refractivity contribution >= 4 is 17.8 Å². The lowest BCUT2D eigenvalue weighted by molar-refractivity contribution is -0.164. The Labute approximate surface area is 198 Å². The average molecular weight is 469 g/mol. The molecule has 2 aliphatic heterocycles. The highest BCUT2D eigenvalue weighted by Gasteiger charge is 2.42. The number of rotatable bonds is 8. The zero-order valence-corrected chi connectivity index (χ0v) is 21.0. The third-order valence-corrected chi connectivity index (χ3v) is 7.48. The highest BCUT2D eigenvalue weighted by Crippen LogP contribution is 2.28. The van der Waals surface area contributed by atoms with Gasteiger partial charge in [-0.3, -0.25) is 9.59 Å². The van der Waals surface area contributed by atoms with Crippen molar-refractivity contribution in [1.29, 1.82) is 0 Å². The van der Waals surface area contributed by atoms with Crippen LogP contribution in [-0.2, 0) is 19.1 Å². The van der Waals surface area contributed by atoms with Crippen molar-refractivity contribution in [3.8, 4) is 0 Å². The number of nitrogens with zero attached hydrogens (tertiary/aromatic N) is 1. The van der Waals surface area contributed by atoms with Gasteiger partial charge in [-0.2, -0.15) is 0 Å². The Balaban J connectivity index is 2.24. The molecule has 0 radical (unpaired) electrons. The van der Waals surface area contributed by atoms with Crippen LogP contribution >= 0.6 is 0 Å². The van der Waals surface area contributed by atoms with Gasteiger partial charge in [-0.05, 0) is 44.4 Å². The monoisotopic (exact) mass is 468 g/mol. The Morgan fingerprint density at radius 2 is 1.79 bits per heavy atom. The highest BCUT2D eigenvalue weighted by atomic mass is 16.5. The summed E-state index contributed by atoms with van der Waals surface area (Å²) < 4.78 is 5.93. The van der Waals surface area contributed by atoms with Gasteiger partial charge in [0.05, 0.1) is 18.1 Å². The molecule has 0 aromatic heterocycles. The van der Waals surface area contributed by atoms with Gasteiger partial charge in [-0.1, -0.05) is 47.0 Å². The van der Waals surface area contributed by atoms with Crippen LogP contribution in [0.15, 0.2) is 0 Å². The number of hydrogen-bond donors (Lipinski definition) is 3. The molecule has 3 N–H and O–H groups in total. The number of esters is 1. The fourth-order valence-corrected chi connectivity index (χ4v) is 4.76. The molecule has 2 heterocycles. The van der Waals surface area contributed by atoms with Crippen molar-refractivity contribution in [2.45, 2.75) is 116 Å². The van der Waals surface area contributed by atoms with Gasteiger partial charge in [0, 0.05) is 13.0 Å². The van der Waals surface area contributed by atoms with Crippen molar-refractivity contribution in [1.82, 2.24) is 10.2 Å². The maximum absolute atomic E-state index is 13.4. The van der Waals surface area contributed by atoms with E-state index in [0.29, 0.717) is 32.2 Å². The molecule has 0 aromatic carbocycles. The molecule has 33 heavy (non-hydrogen) atoms. The van der Waals surface area contributed by atoms with Gasteiger partial charge in [0.2, 0.25) is 11.8 Å². The Bertz CT molecular complexity index is 669. The summed E-state index contributed by atoms with van der Waals surface area (Å²) in [5, 5.41) is 23.2. The number of nitrogens with one attached hydrogen (secondary N) is 1. The molecule has 2 aliphatic rings. The van der Waals surface area contributed by atoms with Crippen molar-refractivity contribution in [2.24, 2.45) is 17.8 Å². The summed E-state index contributed by atoms with van der Waals surface area (Å²) >= 11 is 0. The molecule has 0 bridgehead atoms. The van der Waals surface area contributed by atoms with Crippen LogP contribution in [0.2, 0.25) is 0 Å². The number of fused-ring (bicyclic) bond motifs is 1. The zero-order chi connectivity index (χ0) is 24.7. The summed E-state index contributed by atoms with van der Waals surface area (Å²) in [5.41, 5.74) is 0. The van der Waals surface area contributed by atoms with E-state index >= 15 is 0 Å². The maximum atomic E-state index is 13.4. The number of ether oxygens (including phenoxy) is 1. The number of hydrogen-bond acceptors (Lipinski definition) is 6. The van der Waals surface area contributed by atoms with E-state index in [0.717, 1.165) is 19.3 Å². The molecule has 2 rings (SSSR count). The largest absolute Gasteiger partial charge is 0.460 e. The molecule has 2 amide bonds. The predicted molar refractivity (Wildman–Crippen MR) is 125 cm³/mol. The molecule has 2 fully saturated rings. The number of unbranched alkanes of at least 4 members (excludes halogenated alkanes) is 1. The number of aliphatic hydroxyl groups is 2. The first-order valence-electron chi connectivity index (χ1n) is 12.7. The van der Waals surface area contributed by atoms with Gasteiger partial charge >= 0.3 is 5.97 Å². The normalized spacial score (nSPS) is 32.2. The number of aliphatic hydroxyl groups excluding tert-OH is 2. The number of amides is 2. The van der Waals surface area contributed by atoms with Crippen LogP contribution < -0.4 is 5.32 Å². The van der Waals surface area contributed by atoms with Gasteiger partial charge in [-0.15, -0.1) is 0 Å². The minimum Gasteiger partial charge on any atom is -0.460 e. The summed E-state index contributed by atoms with van der Waals surface area (Å²) in [6, 6.07) is -1.38. The van der Waals surface area contributed by atoms with Crippen LogP contribution in [0.1, 0.15) is 86.0 Å². The summed E-state index contributed by atoms with van der Waals surface area (Å²) in [4.78, 5) is 41.1. The van der Waals surface area contributed by atoms with Crippen molar-refractivity contribution < 1.29 is 29.3 Å². The van der Waals surface area contributed by atoms with E-state index < -0.39 is 36.2 Å². The lowest BCUT2D eigenvalue weighted by Crippen LogP contribution is -2.56. The second-order valence-corrected chi connectivity index (χ2v) is 10.2. The molecule has 2 saturated heterocycles. The first-order valence-corrected chi connectivity index (χ1v) is 12.7. The van der Waals surface area contributed by atoms with E-state index in [1.807, 2.05) is 20.8 Å². The molecule has 0 unspecified atom stereocenters. The van der Waals surface area contributed by atoms with Gasteiger partial charge in [0.15, 0.2) is 0 Å². The van der Waals surface area contributed by atoms with Gasteiger partial charge < -0.3 is 25.2 Å². The van der Waals surface area contributed by atoms with Crippen LogP contribution in [0.4, 0.5) is 0 Å². The SMILES string of the molecule is CC[C@@H](C)[C@H]1NC(=O)[C@H](C)[C@H](O)C[C@@H]([C@H](C)CCCC[C@H](C)O)OC(=O)[C@@H]2CCCN2C1=O. The van der Waals surface area contributed by atoms with Gasteiger partial charge in [0.1, 0.15) is 18.2 Å². The van der Waals surface area contributed by atoms with E-state index in [1.54, 1.807) is 18.7 Å². The molecule has 190 valence electrons. The smallest absolute Gasteiger partial charge is 0.329 e. The molecule has 0 saturated carbocycles. The third-order valence-electron chi connectivity index (χ3n) is 7.48. The highest BCUT2D eigenvalue weighted by molar-refractivity contribution is 5.92. The van der Waals surface area contributed by atoms with Crippen molar-refractivity contribution in [2.75, 3.05) is 6.54 Å². The molecule has 0 aliphatic carbocycles. The number of carbonyl (C=O) groups excluding carboxylic acids is 3. The number of carbonyl (C=O) groups is 3. The molecule has 8 atom stereocenters. The fraction of sp³-hybridized carbons (Fsp3) is 0.880. The molecular formula is C25H44N2O6. The zero-order valence-electron chi connectivity index (χ0n) is 21.0. The van der Waals surface area contributed by atoms with Crippen LogP contribution in [0.25, 0.3) is 0 Å². The van der Waals surface area contributed by atoms with Gasteiger partial charge in [-0.25, -0.2) is 4.79 Å². The molecule has 0 aromatic rings. The summed E-state index contributed by atoms with van der Waals surface area (Å²) in [7, 11) is 0. The Morgan fingerprint density at radius 3 is 2.42 bits per heavy atom. The fourth-order valence-electron chi connectivity index (χ4n) is 4.76. The predicted octanol–water partition coefficient (Wildman–Crippen LogP) is 2.40. The summed E-state index contributed by atoms with van der Waals surface area (Å²) in [6.45, 7) is 9.74. The molecular weight excluding hydrogens is 424 g/mol. The first kappa shape index (κ1) is 27.6. The summed E-state index contributed by atoms with van der Waals surface area (Å²) in [5.74, 6) is -1.87. The summed E-state index contributed by atoms with van der Waals surface area (Å²) in [6.07, 6.45) is 3.48. The van der Waals surface area contributed by atoms with E-state index in [1.165, 1.54) is 0 Å². The van der Waals surface area contributed by atoms with Gasteiger partial charge in [0.25, 0.3) is 0 Å². The van der Waals surface area contributed by atoms with Crippen LogP contribution in [0.5, 0.6) is 0 Å². The van der Waals surface area contributed by atoms with Crippen molar-refractivity contribution in [3.63, 3.8) is 0 Å². The second kappa shape index (κ2) is 12.7. The van der Waals surface area contributed by atoms with E-state index in [-0.39, 0.29) is 36.2 Å². The lowest BCUT2D eigenvalue weighted by atomic mass is 9.88. The van der Waals surface area contributed by atoms with Crippen LogP contribution in [0, 0.1) is 17.8 Å². The quantitative estimate of drug-likeness (QED) is 0.372. The van der Waals surface area contributed by atoms with Crippen molar-refractivity contribution in [3.05, 3.63) is 0 Å². The molecule has 8 heteroatoms. The minimum absolute atomic E-state index is 0.0192. The third kappa shape index (κ3) is 7.41. The average Bonchev–Trinajstić information content (AvgIpc) is 3.27. The Morgan fingerprint density at radius 1 is 1.12 bits per heavy atom. The lowest BCUT2D eigenvalue weighted by Gasteiger charge is -2.35. The second-order valence-electron chi connectivity index (χ2n) is 10.2.